The van der Waals surface area contributed by atoms with E-state index in [1.54, 1.807) is 6.07 Å². The summed E-state index contributed by atoms with van der Waals surface area (Å²) in [5, 5.41) is 0.217. The van der Waals surface area contributed by atoms with E-state index in [4.69, 9.17) is 11.6 Å². The third-order valence-electron chi connectivity index (χ3n) is 4.81. The molecular weight excluding hydrogens is 387 g/mol. The quantitative estimate of drug-likeness (QED) is 0.550. The normalized spacial score (nSPS) is 14.7. The zero-order chi connectivity index (χ0) is 19.7. The summed E-state index contributed by atoms with van der Waals surface area (Å²) in [5.74, 6) is 0.0215. The van der Waals surface area contributed by atoms with Crippen LogP contribution in [0, 0.1) is 0 Å². The summed E-state index contributed by atoms with van der Waals surface area (Å²) in [6.07, 6.45) is -3.86. The molecule has 1 aliphatic heterocycles. The van der Waals surface area contributed by atoms with Crippen molar-refractivity contribution in [2.75, 3.05) is 6.54 Å². The van der Waals surface area contributed by atoms with Crippen molar-refractivity contribution < 1.29 is 13.2 Å². The van der Waals surface area contributed by atoms with Gasteiger partial charge in [0.25, 0.3) is 0 Å². The monoisotopic (exact) mass is 403 g/mol. The number of halogens is 4. The lowest BCUT2D eigenvalue weighted by Gasteiger charge is -2.28. The Morgan fingerprint density at radius 2 is 1.68 bits per heavy atom. The van der Waals surface area contributed by atoms with Crippen LogP contribution in [0.15, 0.2) is 54.6 Å². The first kappa shape index (κ1) is 18.9. The molecule has 0 spiro atoms. The number of aromatic nitrogens is 2. The van der Waals surface area contributed by atoms with Crippen LogP contribution in [-0.4, -0.2) is 21.4 Å². The number of benzene rings is 2. The zero-order valence-corrected chi connectivity index (χ0v) is 15.6. The Morgan fingerprint density at radius 3 is 2.43 bits per heavy atom. The molecule has 7 heteroatoms. The average molecular weight is 404 g/mol. The van der Waals surface area contributed by atoms with Gasteiger partial charge in [-0.3, -0.25) is 4.90 Å². The molecular formula is C21H17ClF3N3. The maximum absolute atomic E-state index is 13.3. The van der Waals surface area contributed by atoms with Crippen LogP contribution in [0.3, 0.4) is 0 Å². The van der Waals surface area contributed by atoms with Gasteiger partial charge in [-0.2, -0.15) is 13.2 Å². The minimum absolute atomic E-state index is 0.0215. The SMILES string of the molecule is FC(F)(F)c1ccccc1-c1nc(Cl)c2c(n1)CCN(Cc1ccccc1)C2. The molecule has 0 aliphatic carbocycles. The van der Waals surface area contributed by atoms with E-state index in [1.165, 1.54) is 17.7 Å². The minimum Gasteiger partial charge on any atom is -0.294 e. The third-order valence-corrected chi connectivity index (χ3v) is 5.12. The standard InChI is InChI=1S/C21H17ClF3N3/c22-19-16-13-28(12-14-6-2-1-3-7-14)11-10-18(16)26-20(27-19)15-8-4-5-9-17(15)21(23,24)25/h1-9H,10-13H2. The van der Waals surface area contributed by atoms with Crippen molar-refractivity contribution in [2.24, 2.45) is 0 Å². The van der Waals surface area contributed by atoms with Gasteiger partial charge >= 0.3 is 6.18 Å². The van der Waals surface area contributed by atoms with E-state index in [9.17, 15) is 13.2 Å². The first-order valence-corrected chi connectivity index (χ1v) is 9.28. The first-order valence-electron chi connectivity index (χ1n) is 8.90. The van der Waals surface area contributed by atoms with Crippen molar-refractivity contribution in [3.05, 3.63) is 82.1 Å². The molecule has 4 rings (SSSR count). The van der Waals surface area contributed by atoms with Gasteiger partial charge in [0.15, 0.2) is 5.82 Å². The van der Waals surface area contributed by atoms with E-state index in [2.05, 4.69) is 27.0 Å². The molecule has 0 atom stereocenters. The highest BCUT2D eigenvalue weighted by Gasteiger charge is 2.34. The smallest absolute Gasteiger partial charge is 0.294 e. The van der Waals surface area contributed by atoms with Crippen LogP contribution in [-0.2, 0) is 25.7 Å². The van der Waals surface area contributed by atoms with E-state index in [0.717, 1.165) is 30.4 Å². The van der Waals surface area contributed by atoms with Crippen LogP contribution < -0.4 is 0 Å². The Hall–Kier alpha value is -2.44. The maximum atomic E-state index is 13.3. The van der Waals surface area contributed by atoms with Crippen molar-refractivity contribution in [3.8, 4) is 11.4 Å². The molecule has 2 heterocycles. The fourth-order valence-electron chi connectivity index (χ4n) is 3.45. The molecule has 0 unspecified atom stereocenters. The molecule has 1 aliphatic rings. The van der Waals surface area contributed by atoms with Gasteiger partial charge in [0.2, 0.25) is 0 Å². The van der Waals surface area contributed by atoms with Crippen molar-refractivity contribution in [2.45, 2.75) is 25.7 Å². The van der Waals surface area contributed by atoms with Crippen LogP contribution in [0.25, 0.3) is 11.4 Å². The lowest BCUT2D eigenvalue weighted by atomic mass is 10.0. The van der Waals surface area contributed by atoms with Gasteiger partial charge in [0, 0.05) is 37.2 Å². The summed E-state index contributed by atoms with van der Waals surface area (Å²) < 4.78 is 40.0. The van der Waals surface area contributed by atoms with Gasteiger partial charge in [-0.25, -0.2) is 9.97 Å². The lowest BCUT2D eigenvalue weighted by molar-refractivity contribution is -0.137. The van der Waals surface area contributed by atoms with Gasteiger partial charge in [0.05, 0.1) is 11.3 Å². The maximum Gasteiger partial charge on any atom is 0.417 e. The van der Waals surface area contributed by atoms with Gasteiger partial charge in [-0.15, -0.1) is 0 Å². The topological polar surface area (TPSA) is 29.0 Å². The summed E-state index contributed by atoms with van der Waals surface area (Å²) in [6, 6.07) is 15.4. The largest absolute Gasteiger partial charge is 0.417 e. The molecule has 2 aromatic carbocycles. The van der Waals surface area contributed by atoms with E-state index in [1.807, 2.05) is 18.2 Å². The summed E-state index contributed by atoms with van der Waals surface area (Å²) in [5.41, 5.74) is 1.89. The molecule has 0 bridgehead atoms. The Balaban J connectivity index is 1.64. The van der Waals surface area contributed by atoms with Crippen LogP contribution >= 0.6 is 11.6 Å². The molecule has 0 radical (unpaired) electrons. The van der Waals surface area contributed by atoms with Gasteiger partial charge in [-0.05, 0) is 11.6 Å². The van der Waals surface area contributed by atoms with E-state index >= 15 is 0 Å². The Labute approximate surface area is 165 Å². The van der Waals surface area contributed by atoms with Crippen LogP contribution in [0.2, 0.25) is 5.15 Å². The molecule has 0 fully saturated rings. The number of alkyl halides is 3. The number of hydrogen-bond acceptors (Lipinski definition) is 3. The van der Waals surface area contributed by atoms with E-state index < -0.39 is 11.7 Å². The second-order valence-electron chi connectivity index (χ2n) is 6.75. The average Bonchev–Trinajstić information content (AvgIpc) is 2.68. The van der Waals surface area contributed by atoms with Crippen molar-refractivity contribution in [3.63, 3.8) is 0 Å². The van der Waals surface area contributed by atoms with Gasteiger partial charge < -0.3 is 0 Å². The molecule has 28 heavy (non-hydrogen) atoms. The van der Waals surface area contributed by atoms with Crippen LogP contribution in [0.4, 0.5) is 13.2 Å². The summed E-state index contributed by atoms with van der Waals surface area (Å²) in [4.78, 5) is 10.9. The number of fused-ring (bicyclic) bond motifs is 1. The summed E-state index contributed by atoms with van der Waals surface area (Å²) in [7, 11) is 0. The van der Waals surface area contributed by atoms with Crippen LogP contribution in [0.1, 0.15) is 22.4 Å². The van der Waals surface area contributed by atoms with Crippen molar-refractivity contribution >= 4 is 11.6 Å². The Kier molecular flexibility index (Phi) is 5.08. The predicted octanol–water partition coefficient (Wildman–Crippen LogP) is 5.37. The highest BCUT2D eigenvalue weighted by atomic mass is 35.5. The summed E-state index contributed by atoms with van der Waals surface area (Å²) in [6.45, 7) is 2.11. The highest BCUT2D eigenvalue weighted by molar-refractivity contribution is 6.30. The second-order valence-corrected chi connectivity index (χ2v) is 7.11. The number of hydrogen-bond donors (Lipinski definition) is 0. The van der Waals surface area contributed by atoms with E-state index in [-0.39, 0.29) is 16.5 Å². The van der Waals surface area contributed by atoms with E-state index in [0.29, 0.717) is 13.0 Å². The molecule has 0 amide bonds. The summed E-state index contributed by atoms with van der Waals surface area (Å²) >= 11 is 6.37. The Bertz CT molecular complexity index is 990. The fraction of sp³-hybridized carbons (Fsp3) is 0.238. The zero-order valence-electron chi connectivity index (χ0n) is 14.9. The molecule has 0 saturated heterocycles. The fourth-order valence-corrected chi connectivity index (χ4v) is 3.70. The molecule has 0 saturated carbocycles. The van der Waals surface area contributed by atoms with Gasteiger partial charge in [0.1, 0.15) is 5.15 Å². The minimum atomic E-state index is -4.48. The molecule has 144 valence electrons. The first-order chi connectivity index (χ1) is 13.4. The van der Waals surface area contributed by atoms with Crippen LogP contribution in [0.5, 0.6) is 0 Å². The molecule has 1 aromatic heterocycles. The second kappa shape index (κ2) is 7.53. The molecule has 3 nitrogen and oxygen atoms in total. The number of rotatable bonds is 3. The van der Waals surface area contributed by atoms with Crippen molar-refractivity contribution in [1.82, 2.24) is 14.9 Å². The lowest BCUT2D eigenvalue weighted by Crippen LogP contribution is -2.31. The highest BCUT2D eigenvalue weighted by Crippen LogP contribution is 2.37. The molecule has 3 aromatic rings. The van der Waals surface area contributed by atoms with Crippen molar-refractivity contribution in [1.29, 1.82) is 0 Å². The number of nitrogens with zero attached hydrogens (tertiary/aromatic N) is 3. The third kappa shape index (κ3) is 3.88. The predicted molar refractivity (Wildman–Crippen MR) is 102 cm³/mol. The Morgan fingerprint density at radius 1 is 0.964 bits per heavy atom. The van der Waals surface area contributed by atoms with Gasteiger partial charge in [-0.1, -0.05) is 60.1 Å². The molecule has 0 N–H and O–H groups in total.